The SMILES string of the molecule is CC(C)C[N+]1=C=[N+](c2[c-]ccc3c2oc2ncccc23)c2ccccc21.[Ir].[c-]1ccccc1-c1ccccn1. The van der Waals surface area contributed by atoms with Gasteiger partial charge in [0.2, 0.25) is 5.71 Å². The maximum Gasteiger partial charge on any atom is 0.494 e. The molecule has 0 N–H and O–H groups in total. The van der Waals surface area contributed by atoms with E-state index in [0.29, 0.717) is 11.6 Å². The van der Waals surface area contributed by atoms with E-state index in [1.807, 2.05) is 77.4 Å². The molecule has 4 heterocycles. The van der Waals surface area contributed by atoms with Gasteiger partial charge in [0, 0.05) is 55.9 Å². The minimum atomic E-state index is 0. The first-order valence-electron chi connectivity index (χ1n) is 12.7. The molecule has 6 heteroatoms. The van der Waals surface area contributed by atoms with Crippen molar-refractivity contribution < 1.29 is 29.1 Å². The van der Waals surface area contributed by atoms with E-state index in [2.05, 4.69) is 64.7 Å². The fourth-order valence-corrected chi connectivity index (χ4v) is 4.59. The first kappa shape index (κ1) is 26.4. The first-order chi connectivity index (χ1) is 18.7. The normalized spacial score (nSPS) is 11.9. The summed E-state index contributed by atoms with van der Waals surface area (Å²) in [6, 6.07) is 39.9. The fourth-order valence-electron chi connectivity index (χ4n) is 4.59. The summed E-state index contributed by atoms with van der Waals surface area (Å²) in [6.07, 6.45) is 3.54. The Morgan fingerprint density at radius 2 is 1.59 bits per heavy atom. The molecule has 0 saturated heterocycles. The Hall–Kier alpha value is -4.21. The molecule has 5 nitrogen and oxygen atoms in total. The van der Waals surface area contributed by atoms with Crippen molar-refractivity contribution in [2.24, 2.45) is 5.92 Å². The number of rotatable bonds is 4. The quantitative estimate of drug-likeness (QED) is 0.141. The molecule has 0 amide bonds. The summed E-state index contributed by atoms with van der Waals surface area (Å²) in [6.45, 7) is 5.33. The third-order valence-electron chi connectivity index (χ3n) is 6.25. The van der Waals surface area contributed by atoms with Crippen LogP contribution in [0.15, 0.2) is 108 Å². The van der Waals surface area contributed by atoms with E-state index in [-0.39, 0.29) is 20.1 Å². The van der Waals surface area contributed by atoms with E-state index in [1.165, 1.54) is 0 Å². The molecule has 0 fully saturated rings. The number of aromatic nitrogens is 2. The van der Waals surface area contributed by atoms with Crippen LogP contribution in [0.3, 0.4) is 0 Å². The number of fused-ring (bicyclic) bond motifs is 4. The predicted molar refractivity (Wildman–Crippen MR) is 151 cm³/mol. The average molecular weight is 687 g/mol. The Morgan fingerprint density at radius 3 is 2.36 bits per heavy atom. The van der Waals surface area contributed by atoms with Crippen LogP contribution in [0.5, 0.6) is 0 Å². The minimum Gasteiger partial charge on any atom is -0.495 e. The molecule has 0 spiro atoms. The molecule has 6 aromatic rings. The largest absolute Gasteiger partial charge is 0.495 e. The molecule has 0 unspecified atom stereocenters. The van der Waals surface area contributed by atoms with E-state index in [1.54, 1.807) is 12.4 Å². The number of pyridine rings is 2. The molecule has 39 heavy (non-hydrogen) atoms. The second-order valence-corrected chi connectivity index (χ2v) is 9.45. The molecule has 193 valence electrons. The Morgan fingerprint density at radius 1 is 0.795 bits per heavy atom. The van der Waals surface area contributed by atoms with Gasteiger partial charge in [-0.15, -0.1) is 42.0 Å². The van der Waals surface area contributed by atoms with Crippen LogP contribution in [0.25, 0.3) is 33.3 Å². The number of benzene rings is 3. The maximum atomic E-state index is 6.08. The van der Waals surface area contributed by atoms with Crippen molar-refractivity contribution >= 4 is 45.1 Å². The van der Waals surface area contributed by atoms with Gasteiger partial charge in [-0.2, -0.15) is 12.1 Å². The van der Waals surface area contributed by atoms with Gasteiger partial charge >= 0.3 is 6.01 Å². The van der Waals surface area contributed by atoms with Gasteiger partial charge in [0.05, 0.1) is 5.58 Å². The molecule has 1 aliphatic rings. The summed E-state index contributed by atoms with van der Waals surface area (Å²) in [7, 11) is 0. The van der Waals surface area contributed by atoms with E-state index in [4.69, 9.17) is 4.42 Å². The van der Waals surface area contributed by atoms with Crippen LogP contribution in [0.4, 0.5) is 17.1 Å². The van der Waals surface area contributed by atoms with E-state index < -0.39 is 0 Å². The molecule has 3 aromatic heterocycles. The van der Waals surface area contributed by atoms with Crippen LogP contribution in [-0.4, -0.2) is 27.1 Å². The zero-order valence-corrected chi connectivity index (χ0v) is 24.0. The topological polar surface area (TPSA) is 44.9 Å². The monoisotopic (exact) mass is 687 g/mol. The van der Waals surface area contributed by atoms with Gasteiger partial charge in [-0.25, -0.2) is 4.98 Å². The van der Waals surface area contributed by atoms with E-state index in [0.717, 1.165) is 51.2 Å². The fraction of sp³-hybridized carbons (Fsp3) is 0.121. The van der Waals surface area contributed by atoms with Crippen molar-refractivity contribution in [3.05, 3.63) is 116 Å². The molecular formula is C33H26IrN4O. The number of para-hydroxylation sites is 2. The van der Waals surface area contributed by atoms with Gasteiger partial charge in [0.1, 0.15) is 0 Å². The van der Waals surface area contributed by atoms with Crippen molar-refractivity contribution in [1.29, 1.82) is 0 Å². The molecule has 7 rings (SSSR count). The summed E-state index contributed by atoms with van der Waals surface area (Å²) >= 11 is 0. The molecule has 3 aromatic carbocycles. The van der Waals surface area contributed by atoms with Gasteiger partial charge in [-0.05, 0) is 23.9 Å². The third kappa shape index (κ3) is 5.36. The number of nitrogens with zero attached hydrogens (tertiary/aromatic N) is 4. The Balaban J connectivity index is 0.000000200. The zero-order chi connectivity index (χ0) is 25.9. The van der Waals surface area contributed by atoms with E-state index >= 15 is 0 Å². The predicted octanol–water partition coefficient (Wildman–Crippen LogP) is 7.65. The molecule has 0 atom stereocenters. The van der Waals surface area contributed by atoms with Crippen LogP contribution in [0.2, 0.25) is 0 Å². The summed E-state index contributed by atoms with van der Waals surface area (Å²) in [5.41, 5.74) is 6.55. The average Bonchev–Trinajstić information content (AvgIpc) is 3.53. The van der Waals surface area contributed by atoms with Crippen LogP contribution in [0.1, 0.15) is 13.8 Å². The van der Waals surface area contributed by atoms with Gasteiger partial charge in [0.15, 0.2) is 12.2 Å². The van der Waals surface area contributed by atoms with Crippen molar-refractivity contribution in [3.63, 3.8) is 0 Å². The summed E-state index contributed by atoms with van der Waals surface area (Å²) in [5.74, 6) is 0.533. The smallest absolute Gasteiger partial charge is 0.494 e. The van der Waals surface area contributed by atoms with Crippen molar-refractivity contribution in [3.8, 4) is 11.3 Å². The van der Waals surface area contributed by atoms with Gasteiger partial charge in [-0.1, -0.05) is 52.7 Å². The van der Waals surface area contributed by atoms with E-state index in [9.17, 15) is 0 Å². The molecule has 1 aliphatic heterocycles. The Kier molecular flexibility index (Phi) is 7.90. The van der Waals surface area contributed by atoms with Crippen molar-refractivity contribution in [2.45, 2.75) is 13.8 Å². The minimum absolute atomic E-state index is 0. The van der Waals surface area contributed by atoms with Crippen molar-refractivity contribution in [1.82, 2.24) is 14.5 Å². The second-order valence-electron chi connectivity index (χ2n) is 9.45. The van der Waals surface area contributed by atoms with Gasteiger partial charge in [0.25, 0.3) is 11.4 Å². The van der Waals surface area contributed by atoms with Crippen molar-refractivity contribution in [2.75, 3.05) is 6.54 Å². The maximum absolute atomic E-state index is 6.08. The third-order valence-corrected chi connectivity index (χ3v) is 6.25. The first-order valence-corrected chi connectivity index (χ1v) is 12.7. The van der Waals surface area contributed by atoms with Crippen LogP contribution in [-0.2, 0) is 20.1 Å². The summed E-state index contributed by atoms with van der Waals surface area (Å²) in [5, 5.41) is 2.06. The second kappa shape index (κ2) is 11.7. The molecule has 0 aliphatic carbocycles. The molecule has 1 radical (unpaired) electrons. The summed E-state index contributed by atoms with van der Waals surface area (Å²) < 4.78 is 10.3. The van der Waals surface area contributed by atoms with Gasteiger partial charge < -0.3 is 9.40 Å². The number of furan rings is 1. The Bertz CT molecular complexity index is 1770. The molecular weight excluding hydrogens is 661 g/mol. The zero-order valence-electron chi connectivity index (χ0n) is 21.6. The molecule has 0 saturated carbocycles. The van der Waals surface area contributed by atoms with Crippen LogP contribution < -0.4 is 4.58 Å². The molecule has 0 bridgehead atoms. The number of hydrogen-bond acceptors (Lipinski definition) is 3. The Labute approximate surface area is 241 Å². The van der Waals surface area contributed by atoms with Crippen LogP contribution >= 0.6 is 0 Å². The van der Waals surface area contributed by atoms with Gasteiger partial charge in [-0.3, -0.25) is 0 Å². The summed E-state index contributed by atoms with van der Waals surface area (Å²) in [4.78, 5) is 8.57. The van der Waals surface area contributed by atoms with Crippen LogP contribution in [0, 0.1) is 18.1 Å². The standard InChI is InChI=1S/C22H18N3O.C11H8N.Ir/c1-15(2)13-24-14-25(19-10-4-3-9-18(19)24)20-11-5-7-16-17-8-6-12-23-22(17)26-21(16)20;1-2-6-10(7-3-1)11-8-4-5-9-12-11;/h3-10,12,15H,13H2,1-2H3;1-6,8-9H;/q+1;-1;. The number of hydrogen-bond donors (Lipinski definition) is 0.